The predicted molar refractivity (Wildman–Crippen MR) is 94.1 cm³/mol. The van der Waals surface area contributed by atoms with Crippen molar-refractivity contribution in [2.75, 3.05) is 0 Å². The van der Waals surface area contributed by atoms with Gasteiger partial charge in [0.1, 0.15) is 0 Å². The minimum Gasteiger partial charge on any atom is -0.141 e. The predicted octanol–water partition coefficient (Wildman–Crippen LogP) is 6.80. The van der Waals surface area contributed by atoms with Crippen LogP contribution in [-0.2, 0) is 0 Å². The van der Waals surface area contributed by atoms with Crippen LogP contribution in [0.2, 0.25) is 0 Å². The van der Waals surface area contributed by atoms with Crippen molar-refractivity contribution in [1.82, 2.24) is 0 Å². The smallest absolute Gasteiger partial charge is 0.0345 e. The standard InChI is InChI=1S/C20H26S/c1-3-4-16-6-8-17(9-7-16)18-10-12-19(13-11-18)20-14-5-15(2)21-20/h5,10-14,16-17H,3-4,6-9H2,1-2H3. The van der Waals surface area contributed by atoms with Gasteiger partial charge in [-0.3, -0.25) is 0 Å². The van der Waals surface area contributed by atoms with Gasteiger partial charge in [-0.05, 0) is 67.7 Å². The Bertz CT molecular complexity index is 556. The first-order valence-electron chi connectivity index (χ1n) is 8.43. The van der Waals surface area contributed by atoms with Gasteiger partial charge in [-0.2, -0.15) is 0 Å². The zero-order valence-corrected chi connectivity index (χ0v) is 14.1. The topological polar surface area (TPSA) is 0 Å². The highest BCUT2D eigenvalue weighted by Crippen LogP contribution is 2.38. The summed E-state index contributed by atoms with van der Waals surface area (Å²) in [7, 11) is 0. The molecule has 1 saturated carbocycles. The number of benzene rings is 1. The third kappa shape index (κ3) is 3.58. The summed E-state index contributed by atoms with van der Waals surface area (Å²) in [6.45, 7) is 4.49. The first kappa shape index (κ1) is 14.8. The van der Waals surface area contributed by atoms with Crippen LogP contribution < -0.4 is 0 Å². The summed E-state index contributed by atoms with van der Waals surface area (Å²) in [5, 5.41) is 0. The van der Waals surface area contributed by atoms with Crippen LogP contribution in [0.3, 0.4) is 0 Å². The molecule has 0 aliphatic heterocycles. The van der Waals surface area contributed by atoms with E-state index in [9.17, 15) is 0 Å². The number of rotatable bonds is 4. The van der Waals surface area contributed by atoms with Crippen molar-refractivity contribution >= 4 is 11.3 Å². The van der Waals surface area contributed by atoms with Crippen LogP contribution in [0.1, 0.15) is 61.8 Å². The molecule has 0 unspecified atom stereocenters. The quantitative estimate of drug-likeness (QED) is 0.582. The lowest BCUT2D eigenvalue weighted by Gasteiger charge is -2.28. The van der Waals surface area contributed by atoms with E-state index in [1.807, 2.05) is 11.3 Å². The third-order valence-electron chi connectivity index (χ3n) is 4.95. The Kier molecular flexibility index (Phi) is 4.80. The summed E-state index contributed by atoms with van der Waals surface area (Å²) in [6.07, 6.45) is 8.44. The van der Waals surface area contributed by atoms with Crippen molar-refractivity contribution < 1.29 is 0 Å². The van der Waals surface area contributed by atoms with Gasteiger partial charge in [0.2, 0.25) is 0 Å². The summed E-state index contributed by atoms with van der Waals surface area (Å²) in [6, 6.07) is 13.8. The van der Waals surface area contributed by atoms with Crippen LogP contribution in [0.4, 0.5) is 0 Å². The van der Waals surface area contributed by atoms with Gasteiger partial charge in [-0.1, -0.05) is 44.0 Å². The van der Waals surface area contributed by atoms with E-state index >= 15 is 0 Å². The Morgan fingerprint density at radius 2 is 1.67 bits per heavy atom. The molecule has 2 aromatic rings. The van der Waals surface area contributed by atoms with E-state index in [2.05, 4.69) is 50.2 Å². The van der Waals surface area contributed by atoms with E-state index in [4.69, 9.17) is 0 Å². The van der Waals surface area contributed by atoms with Crippen LogP contribution in [0.25, 0.3) is 10.4 Å². The van der Waals surface area contributed by atoms with Gasteiger partial charge in [-0.15, -0.1) is 11.3 Å². The second kappa shape index (κ2) is 6.79. The maximum atomic E-state index is 2.37. The normalized spacial score (nSPS) is 22.4. The van der Waals surface area contributed by atoms with Crippen molar-refractivity contribution in [1.29, 1.82) is 0 Å². The molecule has 112 valence electrons. The van der Waals surface area contributed by atoms with E-state index in [-0.39, 0.29) is 0 Å². The molecule has 0 spiro atoms. The van der Waals surface area contributed by atoms with Gasteiger partial charge in [0.05, 0.1) is 0 Å². The van der Waals surface area contributed by atoms with Crippen molar-refractivity contribution in [2.45, 2.75) is 58.3 Å². The van der Waals surface area contributed by atoms with Crippen molar-refractivity contribution in [3.8, 4) is 10.4 Å². The van der Waals surface area contributed by atoms with Crippen LogP contribution >= 0.6 is 11.3 Å². The molecular formula is C20H26S. The van der Waals surface area contributed by atoms with Crippen molar-refractivity contribution in [3.63, 3.8) is 0 Å². The second-order valence-electron chi connectivity index (χ2n) is 6.54. The Hall–Kier alpha value is -1.08. The first-order valence-corrected chi connectivity index (χ1v) is 9.24. The van der Waals surface area contributed by atoms with E-state index in [0.29, 0.717) is 0 Å². The van der Waals surface area contributed by atoms with Crippen molar-refractivity contribution in [3.05, 3.63) is 46.8 Å². The zero-order chi connectivity index (χ0) is 14.7. The average Bonchev–Trinajstić information content (AvgIpc) is 2.95. The average molecular weight is 298 g/mol. The minimum atomic E-state index is 0.803. The lowest BCUT2D eigenvalue weighted by Crippen LogP contribution is -2.13. The number of hydrogen-bond acceptors (Lipinski definition) is 1. The lowest BCUT2D eigenvalue weighted by atomic mass is 9.77. The Morgan fingerprint density at radius 1 is 0.952 bits per heavy atom. The fourth-order valence-electron chi connectivity index (χ4n) is 3.70. The van der Waals surface area contributed by atoms with Crippen LogP contribution in [0.5, 0.6) is 0 Å². The molecule has 1 heterocycles. The van der Waals surface area contributed by atoms with Gasteiger partial charge >= 0.3 is 0 Å². The number of hydrogen-bond donors (Lipinski definition) is 0. The Labute approximate surface area is 133 Å². The highest BCUT2D eigenvalue weighted by molar-refractivity contribution is 7.15. The molecule has 21 heavy (non-hydrogen) atoms. The molecule has 1 aliphatic rings. The third-order valence-corrected chi connectivity index (χ3v) is 6.00. The molecule has 0 atom stereocenters. The Balaban J connectivity index is 1.65. The molecule has 0 bridgehead atoms. The van der Waals surface area contributed by atoms with Crippen LogP contribution in [0, 0.1) is 12.8 Å². The lowest BCUT2D eigenvalue weighted by molar-refractivity contribution is 0.308. The summed E-state index contributed by atoms with van der Waals surface area (Å²) >= 11 is 1.89. The maximum absolute atomic E-state index is 2.37. The SMILES string of the molecule is CCCC1CCC(c2ccc(-c3ccc(C)s3)cc2)CC1. The van der Waals surface area contributed by atoms with Crippen LogP contribution in [0.15, 0.2) is 36.4 Å². The summed E-state index contributed by atoms with van der Waals surface area (Å²) in [5.41, 5.74) is 2.93. The van der Waals surface area contributed by atoms with E-state index in [1.54, 1.807) is 5.56 Å². The number of aryl methyl sites for hydroxylation is 1. The molecule has 1 aromatic carbocycles. The first-order chi connectivity index (χ1) is 10.3. The molecule has 1 heteroatoms. The molecule has 0 N–H and O–H groups in total. The van der Waals surface area contributed by atoms with Gasteiger partial charge < -0.3 is 0 Å². The molecule has 0 nitrogen and oxygen atoms in total. The molecule has 1 aliphatic carbocycles. The molecule has 0 amide bonds. The largest absolute Gasteiger partial charge is 0.141 e. The molecule has 0 saturated heterocycles. The maximum Gasteiger partial charge on any atom is 0.0345 e. The second-order valence-corrected chi connectivity index (χ2v) is 7.83. The molecule has 1 aromatic heterocycles. The summed E-state index contributed by atoms with van der Waals surface area (Å²) in [5.74, 6) is 1.80. The van der Waals surface area contributed by atoms with Gasteiger partial charge in [0, 0.05) is 9.75 Å². The monoisotopic (exact) mass is 298 g/mol. The molecule has 1 fully saturated rings. The highest BCUT2D eigenvalue weighted by atomic mass is 32.1. The zero-order valence-electron chi connectivity index (χ0n) is 13.3. The fraction of sp³-hybridized carbons (Fsp3) is 0.500. The van der Waals surface area contributed by atoms with Crippen LogP contribution in [-0.4, -0.2) is 0 Å². The van der Waals surface area contributed by atoms with Gasteiger partial charge in [0.15, 0.2) is 0 Å². The van der Waals surface area contributed by atoms with E-state index in [0.717, 1.165) is 11.8 Å². The highest BCUT2D eigenvalue weighted by Gasteiger charge is 2.21. The summed E-state index contributed by atoms with van der Waals surface area (Å²) < 4.78 is 0. The van der Waals surface area contributed by atoms with Crippen molar-refractivity contribution in [2.24, 2.45) is 5.92 Å². The van der Waals surface area contributed by atoms with E-state index in [1.165, 1.54) is 53.8 Å². The number of thiophene rings is 1. The molecule has 0 radical (unpaired) electrons. The Morgan fingerprint density at radius 3 is 2.24 bits per heavy atom. The summed E-state index contributed by atoms with van der Waals surface area (Å²) in [4.78, 5) is 2.79. The van der Waals surface area contributed by atoms with E-state index < -0.39 is 0 Å². The minimum absolute atomic E-state index is 0.803. The molecule has 3 rings (SSSR count). The van der Waals surface area contributed by atoms with Gasteiger partial charge in [-0.25, -0.2) is 0 Å². The molecular weight excluding hydrogens is 272 g/mol. The van der Waals surface area contributed by atoms with Gasteiger partial charge in [0.25, 0.3) is 0 Å². The fourth-order valence-corrected chi connectivity index (χ4v) is 4.57.